The van der Waals surface area contributed by atoms with E-state index in [0.717, 1.165) is 31.7 Å². The summed E-state index contributed by atoms with van der Waals surface area (Å²) in [5, 5.41) is 0. The molecule has 0 radical (unpaired) electrons. The maximum Gasteiger partial charge on any atom is 0.227 e. The molecule has 0 aliphatic carbocycles. The Labute approximate surface area is 114 Å². The average Bonchev–Trinajstić information content (AvgIpc) is 2.46. The van der Waals surface area contributed by atoms with E-state index < -0.39 is 0 Å². The van der Waals surface area contributed by atoms with Gasteiger partial charge in [-0.3, -0.25) is 9.78 Å². The fraction of sp³-hybridized carbons (Fsp3) is 0.571. The predicted octanol–water partition coefficient (Wildman–Crippen LogP) is -0.0270. The second kappa shape index (κ2) is 6.63. The molecular formula is C14H22N4O. The van der Waals surface area contributed by atoms with Crippen molar-refractivity contribution in [1.29, 1.82) is 0 Å². The topological polar surface area (TPSA) is 62.5 Å². The van der Waals surface area contributed by atoms with E-state index in [1.165, 1.54) is 0 Å². The van der Waals surface area contributed by atoms with Gasteiger partial charge >= 0.3 is 0 Å². The highest BCUT2D eigenvalue weighted by Crippen LogP contribution is 2.12. The fourth-order valence-corrected chi connectivity index (χ4v) is 2.36. The number of hydrogen-bond acceptors (Lipinski definition) is 4. The molecule has 2 heterocycles. The van der Waals surface area contributed by atoms with Gasteiger partial charge in [-0.1, -0.05) is 0 Å². The Morgan fingerprint density at radius 1 is 1.32 bits per heavy atom. The van der Waals surface area contributed by atoms with Crippen molar-refractivity contribution in [3.8, 4) is 0 Å². The minimum absolute atomic E-state index is 0.120. The van der Waals surface area contributed by atoms with Crippen LogP contribution in [0.2, 0.25) is 0 Å². The predicted molar refractivity (Wildman–Crippen MR) is 74.6 cm³/mol. The molecule has 1 atom stereocenters. The van der Waals surface area contributed by atoms with E-state index in [4.69, 9.17) is 5.73 Å². The monoisotopic (exact) mass is 262 g/mol. The molecule has 0 aromatic carbocycles. The lowest BCUT2D eigenvalue weighted by molar-refractivity contribution is -0.136. The van der Waals surface area contributed by atoms with Gasteiger partial charge in [0.05, 0.1) is 5.92 Å². The summed E-state index contributed by atoms with van der Waals surface area (Å²) in [5.41, 5.74) is 6.90. The smallest absolute Gasteiger partial charge is 0.227 e. The standard InChI is InChI=1S/C14H22N4O/c1-17-6-8-18(9-7-17)14(19)13(11-15)10-12-2-4-16-5-3-12/h2-5,13H,6-11,15H2,1H3. The highest BCUT2D eigenvalue weighted by molar-refractivity contribution is 5.79. The van der Waals surface area contributed by atoms with Gasteiger partial charge in [0, 0.05) is 45.1 Å². The second-order valence-electron chi connectivity index (χ2n) is 5.12. The molecule has 104 valence electrons. The second-order valence-corrected chi connectivity index (χ2v) is 5.12. The molecule has 2 rings (SSSR count). The molecule has 5 nitrogen and oxygen atoms in total. The van der Waals surface area contributed by atoms with E-state index >= 15 is 0 Å². The van der Waals surface area contributed by atoms with Gasteiger partial charge in [0.1, 0.15) is 0 Å². The number of nitrogens with zero attached hydrogens (tertiary/aromatic N) is 3. The minimum atomic E-state index is -0.120. The molecule has 1 unspecified atom stereocenters. The zero-order valence-electron chi connectivity index (χ0n) is 11.5. The first-order valence-corrected chi connectivity index (χ1v) is 6.77. The van der Waals surface area contributed by atoms with Crippen molar-refractivity contribution in [2.75, 3.05) is 39.8 Å². The summed E-state index contributed by atoms with van der Waals surface area (Å²) in [6.07, 6.45) is 4.21. The van der Waals surface area contributed by atoms with Crippen molar-refractivity contribution in [1.82, 2.24) is 14.8 Å². The van der Waals surface area contributed by atoms with Crippen LogP contribution in [0.4, 0.5) is 0 Å². The van der Waals surface area contributed by atoms with Crippen molar-refractivity contribution < 1.29 is 4.79 Å². The molecule has 0 bridgehead atoms. The molecule has 1 aliphatic rings. The number of rotatable bonds is 4. The first-order chi connectivity index (χ1) is 9.20. The molecule has 0 spiro atoms. The van der Waals surface area contributed by atoms with Crippen molar-refractivity contribution in [3.63, 3.8) is 0 Å². The normalized spacial score (nSPS) is 18.3. The Morgan fingerprint density at radius 3 is 2.53 bits per heavy atom. The third-order valence-electron chi connectivity index (χ3n) is 3.68. The quantitative estimate of drug-likeness (QED) is 0.828. The Hall–Kier alpha value is -1.46. The van der Waals surface area contributed by atoms with Gasteiger partial charge < -0.3 is 15.5 Å². The summed E-state index contributed by atoms with van der Waals surface area (Å²) < 4.78 is 0. The lowest BCUT2D eigenvalue weighted by Crippen LogP contribution is -2.50. The van der Waals surface area contributed by atoms with Crippen LogP contribution >= 0.6 is 0 Å². The maximum atomic E-state index is 12.5. The molecule has 1 fully saturated rings. The average molecular weight is 262 g/mol. The van der Waals surface area contributed by atoms with Crippen LogP contribution in [0.3, 0.4) is 0 Å². The Kier molecular flexibility index (Phi) is 4.87. The Balaban J connectivity index is 1.95. The molecule has 5 heteroatoms. The van der Waals surface area contributed by atoms with Crippen LogP contribution in [0.15, 0.2) is 24.5 Å². The number of likely N-dealkylation sites (N-methyl/N-ethyl adjacent to an activating group) is 1. The van der Waals surface area contributed by atoms with Crippen LogP contribution < -0.4 is 5.73 Å². The van der Waals surface area contributed by atoms with Crippen LogP contribution in [-0.2, 0) is 11.2 Å². The van der Waals surface area contributed by atoms with Gasteiger partial charge in [0.2, 0.25) is 5.91 Å². The third-order valence-corrected chi connectivity index (χ3v) is 3.68. The summed E-state index contributed by atoms with van der Waals surface area (Å²) in [6, 6.07) is 3.89. The SMILES string of the molecule is CN1CCN(C(=O)C(CN)Cc2ccncc2)CC1. The van der Waals surface area contributed by atoms with E-state index in [-0.39, 0.29) is 11.8 Å². The van der Waals surface area contributed by atoms with Gasteiger partial charge in [0.15, 0.2) is 0 Å². The van der Waals surface area contributed by atoms with E-state index in [2.05, 4.69) is 16.9 Å². The maximum absolute atomic E-state index is 12.5. The van der Waals surface area contributed by atoms with Crippen LogP contribution in [0, 0.1) is 5.92 Å². The van der Waals surface area contributed by atoms with Gasteiger partial charge in [-0.2, -0.15) is 0 Å². The van der Waals surface area contributed by atoms with Gasteiger partial charge in [-0.15, -0.1) is 0 Å². The Morgan fingerprint density at radius 2 is 1.95 bits per heavy atom. The molecule has 1 saturated heterocycles. The highest BCUT2D eigenvalue weighted by atomic mass is 16.2. The molecule has 1 aromatic heterocycles. The van der Waals surface area contributed by atoms with Crippen molar-refractivity contribution in [3.05, 3.63) is 30.1 Å². The van der Waals surface area contributed by atoms with Crippen LogP contribution in [-0.4, -0.2) is 60.5 Å². The number of pyridine rings is 1. The molecule has 1 amide bonds. The zero-order valence-corrected chi connectivity index (χ0v) is 11.5. The summed E-state index contributed by atoms with van der Waals surface area (Å²) >= 11 is 0. The lowest BCUT2D eigenvalue weighted by Gasteiger charge is -2.34. The lowest BCUT2D eigenvalue weighted by atomic mass is 9.98. The molecular weight excluding hydrogens is 240 g/mol. The van der Waals surface area contributed by atoms with E-state index in [0.29, 0.717) is 13.0 Å². The molecule has 1 aromatic rings. The van der Waals surface area contributed by atoms with Crippen molar-refractivity contribution >= 4 is 5.91 Å². The van der Waals surface area contributed by atoms with Crippen molar-refractivity contribution in [2.45, 2.75) is 6.42 Å². The minimum Gasteiger partial charge on any atom is -0.340 e. The van der Waals surface area contributed by atoms with E-state index in [1.807, 2.05) is 17.0 Å². The Bertz CT molecular complexity index is 401. The third kappa shape index (κ3) is 3.75. The number of carbonyl (C=O) groups is 1. The summed E-state index contributed by atoms with van der Waals surface area (Å²) in [7, 11) is 2.08. The molecule has 2 N–H and O–H groups in total. The number of hydrogen-bond donors (Lipinski definition) is 1. The van der Waals surface area contributed by atoms with E-state index in [1.54, 1.807) is 12.4 Å². The van der Waals surface area contributed by atoms with Gasteiger partial charge in [0.25, 0.3) is 0 Å². The number of carbonyl (C=O) groups excluding carboxylic acids is 1. The zero-order chi connectivity index (χ0) is 13.7. The first kappa shape index (κ1) is 14.0. The van der Waals surface area contributed by atoms with Gasteiger partial charge in [-0.05, 0) is 31.2 Å². The van der Waals surface area contributed by atoms with Crippen molar-refractivity contribution in [2.24, 2.45) is 11.7 Å². The number of nitrogens with two attached hydrogens (primary N) is 1. The summed E-state index contributed by atoms with van der Waals surface area (Å²) in [5.74, 6) is 0.0678. The van der Waals surface area contributed by atoms with Crippen LogP contribution in [0.25, 0.3) is 0 Å². The summed E-state index contributed by atoms with van der Waals surface area (Å²) in [6.45, 7) is 3.90. The van der Waals surface area contributed by atoms with Crippen LogP contribution in [0.5, 0.6) is 0 Å². The largest absolute Gasteiger partial charge is 0.340 e. The van der Waals surface area contributed by atoms with Gasteiger partial charge in [-0.25, -0.2) is 0 Å². The molecule has 0 saturated carbocycles. The fourth-order valence-electron chi connectivity index (χ4n) is 2.36. The number of piperazine rings is 1. The number of aromatic nitrogens is 1. The van der Waals surface area contributed by atoms with Crippen LogP contribution in [0.1, 0.15) is 5.56 Å². The highest BCUT2D eigenvalue weighted by Gasteiger charge is 2.25. The molecule has 1 aliphatic heterocycles. The molecule has 19 heavy (non-hydrogen) atoms. The number of amides is 1. The summed E-state index contributed by atoms with van der Waals surface area (Å²) in [4.78, 5) is 20.6. The first-order valence-electron chi connectivity index (χ1n) is 6.77. The van der Waals surface area contributed by atoms with E-state index in [9.17, 15) is 4.79 Å².